The molecule has 3 rings (SSSR count). The maximum absolute atomic E-state index is 14.4. The van der Waals surface area contributed by atoms with Crippen molar-refractivity contribution in [3.63, 3.8) is 0 Å². The lowest BCUT2D eigenvalue weighted by molar-refractivity contribution is -0.203. The Morgan fingerprint density at radius 1 is 1.13 bits per heavy atom. The fourth-order valence-electron chi connectivity index (χ4n) is 3.03. The van der Waals surface area contributed by atoms with E-state index in [9.17, 15) is 13.2 Å². The van der Waals surface area contributed by atoms with Gasteiger partial charge < -0.3 is 4.74 Å². The van der Waals surface area contributed by atoms with E-state index in [-0.39, 0.29) is 12.2 Å². The van der Waals surface area contributed by atoms with Crippen molar-refractivity contribution >= 4 is 0 Å². The fraction of sp³-hybridized carbons (Fsp3) is 0.368. The van der Waals surface area contributed by atoms with E-state index in [1.807, 2.05) is 12.1 Å². The summed E-state index contributed by atoms with van der Waals surface area (Å²) in [6.07, 6.45) is -1.43. The van der Waals surface area contributed by atoms with Gasteiger partial charge in [0.2, 0.25) is 0 Å². The minimum absolute atomic E-state index is 0.0622. The second-order valence-electron chi connectivity index (χ2n) is 6.10. The zero-order valence-corrected chi connectivity index (χ0v) is 13.2. The molecule has 2 aromatic carbocycles. The van der Waals surface area contributed by atoms with Crippen LogP contribution in [-0.4, -0.2) is 6.11 Å². The van der Waals surface area contributed by atoms with Crippen LogP contribution in [0.15, 0.2) is 36.4 Å². The number of aryl methyl sites for hydroxylation is 2. The third kappa shape index (κ3) is 2.94. The number of fused-ring (bicyclic) bond motifs is 1. The Labute approximate surface area is 134 Å². The van der Waals surface area contributed by atoms with Crippen LogP contribution in [0.25, 0.3) is 0 Å². The molecule has 1 aliphatic rings. The highest BCUT2D eigenvalue weighted by Crippen LogP contribution is 2.45. The zero-order chi connectivity index (χ0) is 16.6. The average Bonchev–Trinajstić information content (AvgIpc) is 2.52. The van der Waals surface area contributed by atoms with E-state index < -0.39 is 17.8 Å². The number of hydrogen-bond acceptors (Lipinski definition) is 1. The summed E-state index contributed by atoms with van der Waals surface area (Å²) >= 11 is 0. The Kier molecular flexibility index (Phi) is 4.09. The van der Waals surface area contributed by atoms with Crippen LogP contribution in [0, 0.1) is 12.7 Å². The first-order valence-corrected chi connectivity index (χ1v) is 7.86. The van der Waals surface area contributed by atoms with Crippen LogP contribution in [0.4, 0.5) is 13.2 Å². The molecule has 0 radical (unpaired) electrons. The van der Waals surface area contributed by atoms with E-state index in [2.05, 4.69) is 6.92 Å². The van der Waals surface area contributed by atoms with Gasteiger partial charge >= 0.3 is 6.11 Å². The summed E-state index contributed by atoms with van der Waals surface area (Å²) in [4.78, 5) is 0. The predicted molar refractivity (Wildman–Crippen MR) is 83.6 cm³/mol. The Bertz CT molecular complexity index is 707. The van der Waals surface area contributed by atoms with Gasteiger partial charge in [0.15, 0.2) is 11.6 Å². The van der Waals surface area contributed by atoms with Crippen LogP contribution in [-0.2, 0) is 12.8 Å². The van der Waals surface area contributed by atoms with Crippen LogP contribution >= 0.6 is 0 Å². The molecule has 0 saturated heterocycles. The van der Waals surface area contributed by atoms with Crippen LogP contribution < -0.4 is 4.74 Å². The van der Waals surface area contributed by atoms with Crippen molar-refractivity contribution in [3.05, 3.63) is 64.5 Å². The SMILES string of the molecule is CCCc1ccc(C2Cc3ccc(C)c(F)c3OC2(F)F)cc1. The lowest BCUT2D eigenvalue weighted by Gasteiger charge is -2.33. The van der Waals surface area contributed by atoms with Crippen molar-refractivity contribution in [3.8, 4) is 5.75 Å². The number of rotatable bonds is 3. The van der Waals surface area contributed by atoms with Gasteiger partial charge in [-0.25, -0.2) is 4.39 Å². The van der Waals surface area contributed by atoms with Crippen molar-refractivity contribution in [1.29, 1.82) is 0 Å². The molecule has 1 unspecified atom stereocenters. The molecule has 0 aromatic heterocycles. The molecule has 0 amide bonds. The van der Waals surface area contributed by atoms with E-state index in [0.29, 0.717) is 16.7 Å². The van der Waals surface area contributed by atoms with Crippen LogP contribution in [0.5, 0.6) is 5.75 Å². The second-order valence-corrected chi connectivity index (χ2v) is 6.10. The molecule has 1 atom stereocenters. The van der Waals surface area contributed by atoms with Gasteiger partial charge in [0.1, 0.15) is 0 Å². The van der Waals surface area contributed by atoms with Crippen molar-refractivity contribution in [2.45, 2.75) is 45.1 Å². The molecule has 0 bridgehead atoms. The maximum atomic E-state index is 14.4. The largest absolute Gasteiger partial charge is 0.429 e. The molecular weight excluding hydrogens is 301 g/mol. The monoisotopic (exact) mass is 320 g/mol. The summed E-state index contributed by atoms with van der Waals surface area (Å²) in [6, 6.07) is 10.5. The van der Waals surface area contributed by atoms with Crippen LogP contribution in [0.3, 0.4) is 0 Å². The summed E-state index contributed by atoms with van der Waals surface area (Å²) in [6.45, 7) is 3.61. The lowest BCUT2D eigenvalue weighted by Crippen LogP contribution is -2.38. The maximum Gasteiger partial charge on any atom is 0.405 e. The third-order valence-corrected chi connectivity index (χ3v) is 4.36. The van der Waals surface area contributed by atoms with Gasteiger partial charge in [-0.1, -0.05) is 49.7 Å². The molecule has 0 saturated carbocycles. The van der Waals surface area contributed by atoms with E-state index in [1.54, 1.807) is 24.3 Å². The number of hydrogen-bond donors (Lipinski definition) is 0. The fourth-order valence-corrected chi connectivity index (χ4v) is 3.03. The molecule has 0 aliphatic carbocycles. The van der Waals surface area contributed by atoms with Gasteiger partial charge in [-0.05, 0) is 42.0 Å². The first-order chi connectivity index (χ1) is 10.9. The summed E-state index contributed by atoms with van der Waals surface area (Å²) < 4.78 is 47.6. The molecule has 23 heavy (non-hydrogen) atoms. The summed E-state index contributed by atoms with van der Waals surface area (Å²) in [5, 5.41) is 0. The van der Waals surface area contributed by atoms with Gasteiger partial charge in [0.05, 0.1) is 5.92 Å². The quantitative estimate of drug-likeness (QED) is 0.736. The molecule has 0 spiro atoms. The van der Waals surface area contributed by atoms with Crippen molar-refractivity contribution in [2.75, 3.05) is 0 Å². The van der Waals surface area contributed by atoms with Gasteiger partial charge in [-0.3, -0.25) is 0 Å². The highest BCUT2D eigenvalue weighted by molar-refractivity contribution is 5.43. The third-order valence-electron chi connectivity index (χ3n) is 4.36. The van der Waals surface area contributed by atoms with Crippen molar-refractivity contribution < 1.29 is 17.9 Å². The molecule has 0 fully saturated rings. The lowest BCUT2D eigenvalue weighted by atomic mass is 9.87. The predicted octanol–water partition coefficient (Wildman–Crippen LogP) is 5.40. The highest BCUT2D eigenvalue weighted by atomic mass is 19.3. The minimum Gasteiger partial charge on any atom is -0.429 e. The van der Waals surface area contributed by atoms with E-state index >= 15 is 0 Å². The number of alkyl halides is 2. The smallest absolute Gasteiger partial charge is 0.405 e. The zero-order valence-electron chi connectivity index (χ0n) is 13.2. The van der Waals surface area contributed by atoms with E-state index in [1.165, 1.54) is 6.92 Å². The number of benzene rings is 2. The number of halogens is 3. The Morgan fingerprint density at radius 2 is 1.83 bits per heavy atom. The van der Waals surface area contributed by atoms with Gasteiger partial charge in [0, 0.05) is 0 Å². The van der Waals surface area contributed by atoms with Crippen LogP contribution in [0.2, 0.25) is 0 Å². The summed E-state index contributed by atoms with van der Waals surface area (Å²) in [7, 11) is 0. The molecule has 4 heteroatoms. The number of ether oxygens (including phenoxy) is 1. The van der Waals surface area contributed by atoms with E-state index in [0.717, 1.165) is 18.4 Å². The summed E-state index contributed by atoms with van der Waals surface area (Å²) in [5.41, 5.74) is 2.43. The molecule has 2 aromatic rings. The first kappa shape index (κ1) is 15.9. The first-order valence-electron chi connectivity index (χ1n) is 7.86. The molecule has 1 heterocycles. The molecular formula is C19H19F3O. The molecule has 1 nitrogen and oxygen atoms in total. The molecule has 122 valence electrons. The standard InChI is InChI=1S/C19H19F3O/c1-3-4-13-6-9-14(10-7-13)16-11-15-8-5-12(2)17(20)18(15)23-19(16,21)22/h5-10,16H,3-4,11H2,1-2H3. The van der Waals surface area contributed by atoms with Gasteiger partial charge in [-0.2, -0.15) is 8.78 Å². The van der Waals surface area contributed by atoms with Gasteiger partial charge in [-0.15, -0.1) is 0 Å². The van der Waals surface area contributed by atoms with Gasteiger partial charge in [0.25, 0.3) is 0 Å². The molecule has 1 aliphatic heterocycles. The van der Waals surface area contributed by atoms with Crippen molar-refractivity contribution in [1.82, 2.24) is 0 Å². The normalized spacial score (nSPS) is 19.1. The van der Waals surface area contributed by atoms with Crippen LogP contribution in [0.1, 0.15) is 41.5 Å². The summed E-state index contributed by atoms with van der Waals surface area (Å²) in [5.74, 6) is -2.11. The minimum atomic E-state index is -3.42. The van der Waals surface area contributed by atoms with Crippen molar-refractivity contribution in [2.24, 2.45) is 0 Å². The Balaban J connectivity index is 1.95. The Hall–Kier alpha value is -1.97. The Morgan fingerprint density at radius 3 is 2.48 bits per heavy atom. The topological polar surface area (TPSA) is 9.23 Å². The highest BCUT2D eigenvalue weighted by Gasteiger charge is 2.48. The second kappa shape index (κ2) is 5.91. The van der Waals surface area contributed by atoms with E-state index in [4.69, 9.17) is 4.74 Å². The average molecular weight is 320 g/mol. The molecule has 0 N–H and O–H groups in total.